The summed E-state index contributed by atoms with van der Waals surface area (Å²) in [5.74, 6) is 1.63. The molecule has 0 radical (unpaired) electrons. The standard InChI is InChI=1S/C14H23N3O2S/c1-3-6-15-12-9-14(17-13(16-12)10-18-2)20-11-4-7-19-8-5-11/h9,11H,3-8,10H2,1-2H3,(H,15,16,17). The van der Waals surface area contributed by atoms with E-state index in [-0.39, 0.29) is 0 Å². The maximum atomic E-state index is 5.40. The van der Waals surface area contributed by atoms with Crippen molar-refractivity contribution in [1.29, 1.82) is 0 Å². The summed E-state index contributed by atoms with van der Waals surface area (Å²) >= 11 is 1.83. The van der Waals surface area contributed by atoms with Crippen molar-refractivity contribution in [3.05, 3.63) is 11.9 Å². The Balaban J connectivity index is 2.06. The summed E-state index contributed by atoms with van der Waals surface area (Å²) in [5.41, 5.74) is 0. The third kappa shape index (κ3) is 4.92. The predicted molar refractivity (Wildman–Crippen MR) is 81.2 cm³/mol. The molecule has 1 aliphatic rings. The predicted octanol–water partition coefficient (Wildman–Crippen LogP) is 2.72. The van der Waals surface area contributed by atoms with E-state index in [4.69, 9.17) is 9.47 Å². The van der Waals surface area contributed by atoms with Crippen LogP contribution in [0.25, 0.3) is 0 Å². The van der Waals surface area contributed by atoms with Gasteiger partial charge in [0.15, 0.2) is 5.82 Å². The lowest BCUT2D eigenvalue weighted by Gasteiger charge is -2.21. The minimum absolute atomic E-state index is 0.447. The fourth-order valence-electron chi connectivity index (χ4n) is 2.03. The first-order valence-electron chi connectivity index (χ1n) is 7.17. The van der Waals surface area contributed by atoms with Crippen molar-refractivity contribution in [2.75, 3.05) is 32.2 Å². The highest BCUT2D eigenvalue weighted by molar-refractivity contribution is 7.99. The molecule has 0 bridgehead atoms. The van der Waals surface area contributed by atoms with Gasteiger partial charge in [0, 0.05) is 38.2 Å². The van der Waals surface area contributed by atoms with Gasteiger partial charge in [-0.15, -0.1) is 11.8 Å². The van der Waals surface area contributed by atoms with Gasteiger partial charge in [0.2, 0.25) is 0 Å². The number of ether oxygens (including phenoxy) is 2. The van der Waals surface area contributed by atoms with E-state index in [0.29, 0.717) is 11.9 Å². The fourth-order valence-corrected chi connectivity index (χ4v) is 3.14. The average Bonchev–Trinajstić information content (AvgIpc) is 2.46. The molecule has 1 aromatic heterocycles. The maximum absolute atomic E-state index is 5.40. The zero-order valence-corrected chi connectivity index (χ0v) is 13.0. The van der Waals surface area contributed by atoms with Crippen LogP contribution < -0.4 is 5.32 Å². The molecule has 0 atom stereocenters. The van der Waals surface area contributed by atoms with Crippen molar-refractivity contribution >= 4 is 17.6 Å². The van der Waals surface area contributed by atoms with Crippen molar-refractivity contribution in [2.24, 2.45) is 0 Å². The van der Waals surface area contributed by atoms with Crippen LogP contribution in [0, 0.1) is 0 Å². The molecule has 2 heterocycles. The van der Waals surface area contributed by atoms with Gasteiger partial charge in [-0.25, -0.2) is 9.97 Å². The molecule has 0 spiro atoms. The summed E-state index contributed by atoms with van der Waals surface area (Å²) in [5, 5.41) is 4.94. The Morgan fingerprint density at radius 1 is 1.40 bits per heavy atom. The molecule has 0 aromatic carbocycles. The molecule has 0 aliphatic carbocycles. The first-order chi connectivity index (χ1) is 9.81. The number of hydrogen-bond donors (Lipinski definition) is 1. The number of thioether (sulfide) groups is 1. The van der Waals surface area contributed by atoms with Crippen LogP contribution in [0.15, 0.2) is 11.1 Å². The number of hydrogen-bond acceptors (Lipinski definition) is 6. The molecule has 1 aliphatic heterocycles. The number of nitrogens with one attached hydrogen (secondary N) is 1. The second-order valence-electron chi connectivity index (χ2n) is 4.80. The van der Waals surface area contributed by atoms with Crippen LogP contribution in [-0.2, 0) is 16.1 Å². The number of nitrogens with zero attached hydrogens (tertiary/aromatic N) is 2. The Bertz CT molecular complexity index is 411. The first kappa shape index (κ1) is 15.5. The zero-order chi connectivity index (χ0) is 14.2. The Kier molecular flexibility index (Phi) is 6.56. The van der Waals surface area contributed by atoms with Gasteiger partial charge < -0.3 is 14.8 Å². The summed E-state index contributed by atoms with van der Waals surface area (Å²) in [6, 6.07) is 2.04. The van der Waals surface area contributed by atoms with Gasteiger partial charge >= 0.3 is 0 Å². The van der Waals surface area contributed by atoms with Crippen molar-refractivity contribution in [3.8, 4) is 0 Å². The number of aromatic nitrogens is 2. The van der Waals surface area contributed by atoms with E-state index < -0.39 is 0 Å². The highest BCUT2D eigenvalue weighted by atomic mass is 32.2. The van der Waals surface area contributed by atoms with Crippen LogP contribution in [0.5, 0.6) is 0 Å². The summed E-state index contributed by atoms with van der Waals surface area (Å²) in [6.07, 6.45) is 3.25. The minimum atomic E-state index is 0.447. The lowest BCUT2D eigenvalue weighted by Crippen LogP contribution is -2.17. The molecule has 1 fully saturated rings. The van der Waals surface area contributed by atoms with Crippen LogP contribution in [0.3, 0.4) is 0 Å². The Morgan fingerprint density at radius 3 is 2.90 bits per heavy atom. The largest absolute Gasteiger partial charge is 0.381 e. The van der Waals surface area contributed by atoms with Crippen LogP contribution in [0.4, 0.5) is 5.82 Å². The first-order valence-corrected chi connectivity index (χ1v) is 8.05. The number of rotatable bonds is 7. The van der Waals surface area contributed by atoms with Crippen LogP contribution in [0.1, 0.15) is 32.0 Å². The number of anilines is 1. The molecule has 0 unspecified atom stereocenters. The van der Waals surface area contributed by atoms with Gasteiger partial charge in [-0.05, 0) is 19.3 Å². The molecule has 0 amide bonds. The third-order valence-corrected chi connectivity index (χ3v) is 4.29. The van der Waals surface area contributed by atoms with E-state index >= 15 is 0 Å². The SMILES string of the molecule is CCCNc1cc(SC2CCOCC2)nc(COC)n1. The lowest BCUT2D eigenvalue weighted by molar-refractivity contribution is 0.1000. The minimum Gasteiger partial charge on any atom is -0.381 e. The smallest absolute Gasteiger partial charge is 0.157 e. The highest BCUT2D eigenvalue weighted by Crippen LogP contribution is 2.29. The second-order valence-corrected chi connectivity index (χ2v) is 6.12. The van der Waals surface area contributed by atoms with Crippen molar-refractivity contribution < 1.29 is 9.47 Å². The molecule has 112 valence electrons. The Hall–Kier alpha value is -0.850. The van der Waals surface area contributed by atoms with E-state index in [1.165, 1.54) is 0 Å². The van der Waals surface area contributed by atoms with Gasteiger partial charge in [-0.1, -0.05) is 6.92 Å². The quantitative estimate of drug-likeness (QED) is 0.781. The topological polar surface area (TPSA) is 56.3 Å². The summed E-state index contributed by atoms with van der Waals surface area (Å²) < 4.78 is 10.5. The molecule has 1 aromatic rings. The van der Waals surface area contributed by atoms with E-state index in [2.05, 4.69) is 22.2 Å². The maximum Gasteiger partial charge on any atom is 0.157 e. The van der Waals surface area contributed by atoms with Crippen molar-refractivity contribution in [2.45, 2.75) is 43.1 Å². The normalized spacial score (nSPS) is 16.3. The van der Waals surface area contributed by atoms with Crippen molar-refractivity contribution in [1.82, 2.24) is 9.97 Å². The van der Waals surface area contributed by atoms with E-state index in [1.807, 2.05) is 17.8 Å². The molecular weight excluding hydrogens is 274 g/mol. The van der Waals surface area contributed by atoms with Crippen molar-refractivity contribution in [3.63, 3.8) is 0 Å². The van der Waals surface area contributed by atoms with Crippen LogP contribution >= 0.6 is 11.8 Å². The van der Waals surface area contributed by atoms with E-state index in [0.717, 1.165) is 55.7 Å². The molecular formula is C14H23N3O2S. The zero-order valence-electron chi connectivity index (χ0n) is 12.2. The van der Waals surface area contributed by atoms with Gasteiger partial charge in [0.1, 0.15) is 17.5 Å². The Morgan fingerprint density at radius 2 is 2.20 bits per heavy atom. The third-order valence-electron chi connectivity index (χ3n) is 3.03. The average molecular weight is 297 g/mol. The van der Waals surface area contributed by atoms with Gasteiger partial charge in [-0.3, -0.25) is 0 Å². The lowest BCUT2D eigenvalue weighted by atomic mass is 10.2. The summed E-state index contributed by atoms with van der Waals surface area (Å²) in [6.45, 7) is 5.22. The summed E-state index contributed by atoms with van der Waals surface area (Å²) in [7, 11) is 1.67. The molecule has 5 nitrogen and oxygen atoms in total. The Labute approximate surface area is 124 Å². The number of methoxy groups -OCH3 is 1. The van der Waals surface area contributed by atoms with Gasteiger partial charge in [0.25, 0.3) is 0 Å². The molecule has 2 rings (SSSR count). The van der Waals surface area contributed by atoms with Crippen LogP contribution in [0.2, 0.25) is 0 Å². The van der Waals surface area contributed by atoms with Crippen LogP contribution in [-0.4, -0.2) is 42.1 Å². The fraction of sp³-hybridized carbons (Fsp3) is 0.714. The highest BCUT2D eigenvalue weighted by Gasteiger charge is 2.16. The van der Waals surface area contributed by atoms with E-state index in [9.17, 15) is 0 Å². The monoisotopic (exact) mass is 297 g/mol. The summed E-state index contributed by atoms with van der Waals surface area (Å²) in [4.78, 5) is 9.04. The molecule has 20 heavy (non-hydrogen) atoms. The second kappa shape index (κ2) is 8.44. The van der Waals surface area contributed by atoms with Gasteiger partial charge in [-0.2, -0.15) is 0 Å². The molecule has 6 heteroatoms. The van der Waals surface area contributed by atoms with Gasteiger partial charge in [0.05, 0.1) is 0 Å². The molecule has 1 saturated heterocycles. The molecule has 1 N–H and O–H groups in total. The van der Waals surface area contributed by atoms with E-state index in [1.54, 1.807) is 7.11 Å². The molecule has 0 saturated carbocycles.